The molecular formula is C51H95NO5. The number of hydrogen-bond acceptors (Lipinski definition) is 5. The number of amides is 1. The van der Waals surface area contributed by atoms with Gasteiger partial charge in [-0.1, -0.05) is 192 Å². The Hall–Kier alpha value is -1.92. The first-order valence-corrected chi connectivity index (χ1v) is 24.8. The van der Waals surface area contributed by atoms with Gasteiger partial charge in [0.05, 0.1) is 25.4 Å². The Morgan fingerprint density at radius 1 is 0.474 bits per heavy atom. The van der Waals surface area contributed by atoms with Gasteiger partial charge in [-0.15, -0.1) is 0 Å². The van der Waals surface area contributed by atoms with Crippen molar-refractivity contribution < 1.29 is 24.5 Å². The SMILES string of the molecule is CCCCCCCC/C=C\CCCCCCCCCCCC(=O)OCCCC/C=C\CCCCCCCC(=O)NC(CO)C(O)/C=C/CCCCCCCCCC. The van der Waals surface area contributed by atoms with Gasteiger partial charge in [0.15, 0.2) is 0 Å². The zero-order valence-corrected chi connectivity index (χ0v) is 37.8. The summed E-state index contributed by atoms with van der Waals surface area (Å²) in [6.07, 6.45) is 55.8. The number of allylic oxidation sites excluding steroid dienone is 5. The Kier molecular flexibility index (Phi) is 45.2. The van der Waals surface area contributed by atoms with Crippen molar-refractivity contribution in [3.63, 3.8) is 0 Å². The third-order valence-electron chi connectivity index (χ3n) is 11.1. The molecule has 3 N–H and O–H groups in total. The summed E-state index contributed by atoms with van der Waals surface area (Å²) in [6.45, 7) is 4.79. The zero-order valence-electron chi connectivity index (χ0n) is 37.8. The second kappa shape index (κ2) is 46.8. The van der Waals surface area contributed by atoms with E-state index < -0.39 is 12.1 Å². The molecule has 0 bridgehead atoms. The van der Waals surface area contributed by atoms with E-state index >= 15 is 0 Å². The summed E-state index contributed by atoms with van der Waals surface area (Å²) in [7, 11) is 0. The average Bonchev–Trinajstić information content (AvgIpc) is 3.21. The molecule has 0 aliphatic carbocycles. The second-order valence-corrected chi connectivity index (χ2v) is 16.8. The van der Waals surface area contributed by atoms with Gasteiger partial charge in [-0.2, -0.15) is 0 Å². The van der Waals surface area contributed by atoms with Crippen molar-refractivity contribution in [3.05, 3.63) is 36.5 Å². The van der Waals surface area contributed by atoms with E-state index in [-0.39, 0.29) is 18.5 Å². The summed E-state index contributed by atoms with van der Waals surface area (Å²) >= 11 is 0. The second-order valence-electron chi connectivity index (χ2n) is 16.8. The lowest BCUT2D eigenvalue weighted by Gasteiger charge is -2.20. The molecule has 6 nitrogen and oxygen atoms in total. The molecule has 57 heavy (non-hydrogen) atoms. The smallest absolute Gasteiger partial charge is 0.305 e. The zero-order chi connectivity index (χ0) is 41.5. The summed E-state index contributed by atoms with van der Waals surface area (Å²) in [4.78, 5) is 24.4. The van der Waals surface area contributed by atoms with E-state index in [1.54, 1.807) is 6.08 Å². The molecule has 0 aliphatic rings. The van der Waals surface area contributed by atoms with E-state index in [9.17, 15) is 19.8 Å². The Morgan fingerprint density at radius 2 is 0.825 bits per heavy atom. The number of aliphatic hydroxyl groups is 2. The Labute approximate surface area is 353 Å². The molecule has 0 aromatic rings. The Bertz CT molecular complexity index is 931. The van der Waals surface area contributed by atoms with Crippen molar-refractivity contribution in [2.24, 2.45) is 0 Å². The molecule has 0 aliphatic heterocycles. The number of carbonyl (C=O) groups is 2. The van der Waals surface area contributed by atoms with Crippen molar-refractivity contribution in [3.8, 4) is 0 Å². The van der Waals surface area contributed by atoms with Crippen LogP contribution in [-0.4, -0.2) is 47.4 Å². The minimum absolute atomic E-state index is 0.0346. The summed E-state index contributed by atoms with van der Waals surface area (Å²) in [5, 5.41) is 22.9. The number of ether oxygens (including phenoxy) is 1. The van der Waals surface area contributed by atoms with Gasteiger partial charge in [-0.25, -0.2) is 0 Å². The molecule has 0 aromatic carbocycles. The van der Waals surface area contributed by atoms with Crippen LogP contribution in [-0.2, 0) is 14.3 Å². The van der Waals surface area contributed by atoms with Gasteiger partial charge in [0.2, 0.25) is 5.91 Å². The Morgan fingerprint density at radius 3 is 1.25 bits per heavy atom. The highest BCUT2D eigenvalue weighted by Gasteiger charge is 2.18. The fourth-order valence-corrected chi connectivity index (χ4v) is 7.27. The third-order valence-corrected chi connectivity index (χ3v) is 11.1. The third kappa shape index (κ3) is 43.5. The van der Waals surface area contributed by atoms with E-state index in [1.807, 2.05) is 6.08 Å². The fourth-order valence-electron chi connectivity index (χ4n) is 7.27. The summed E-state index contributed by atoms with van der Waals surface area (Å²) in [5.41, 5.74) is 0. The van der Waals surface area contributed by atoms with Crippen molar-refractivity contribution >= 4 is 11.9 Å². The minimum atomic E-state index is -0.861. The van der Waals surface area contributed by atoms with Gasteiger partial charge in [0, 0.05) is 12.8 Å². The lowest BCUT2D eigenvalue weighted by molar-refractivity contribution is -0.143. The van der Waals surface area contributed by atoms with Gasteiger partial charge < -0.3 is 20.3 Å². The van der Waals surface area contributed by atoms with Crippen LogP contribution in [0.3, 0.4) is 0 Å². The number of esters is 1. The molecule has 0 fully saturated rings. The van der Waals surface area contributed by atoms with Crippen LogP contribution in [0, 0.1) is 0 Å². The van der Waals surface area contributed by atoms with Crippen LogP contribution in [0.2, 0.25) is 0 Å². The summed E-state index contributed by atoms with van der Waals surface area (Å²) < 4.78 is 5.44. The number of carbonyl (C=O) groups excluding carboxylic acids is 2. The van der Waals surface area contributed by atoms with E-state index in [2.05, 4.69) is 43.5 Å². The topological polar surface area (TPSA) is 95.9 Å². The first kappa shape index (κ1) is 55.1. The van der Waals surface area contributed by atoms with Gasteiger partial charge in [0.25, 0.3) is 0 Å². The van der Waals surface area contributed by atoms with Gasteiger partial charge in [-0.3, -0.25) is 9.59 Å². The van der Waals surface area contributed by atoms with Gasteiger partial charge >= 0.3 is 5.97 Å². The quantitative estimate of drug-likeness (QED) is 0.0324. The largest absolute Gasteiger partial charge is 0.466 e. The highest BCUT2D eigenvalue weighted by Crippen LogP contribution is 2.14. The minimum Gasteiger partial charge on any atom is -0.466 e. The lowest BCUT2D eigenvalue weighted by atomic mass is 10.1. The molecule has 0 saturated heterocycles. The molecule has 0 radical (unpaired) electrons. The van der Waals surface area contributed by atoms with Gasteiger partial charge in [-0.05, 0) is 83.5 Å². The van der Waals surface area contributed by atoms with E-state index in [4.69, 9.17) is 4.74 Å². The molecule has 1 amide bonds. The van der Waals surface area contributed by atoms with E-state index in [0.29, 0.717) is 19.4 Å². The monoisotopic (exact) mass is 802 g/mol. The maximum absolute atomic E-state index is 12.4. The molecular weight excluding hydrogens is 707 g/mol. The molecule has 0 heterocycles. The average molecular weight is 802 g/mol. The van der Waals surface area contributed by atoms with E-state index in [0.717, 1.165) is 83.5 Å². The highest BCUT2D eigenvalue weighted by molar-refractivity contribution is 5.76. The molecule has 0 rings (SSSR count). The van der Waals surface area contributed by atoms with E-state index in [1.165, 1.54) is 141 Å². The molecule has 0 aromatic heterocycles. The summed E-state index contributed by atoms with van der Waals surface area (Å²) in [5.74, 6) is -0.135. The molecule has 0 saturated carbocycles. The fraction of sp³-hybridized carbons (Fsp3) is 0.843. The van der Waals surface area contributed by atoms with Gasteiger partial charge in [0.1, 0.15) is 0 Å². The van der Waals surface area contributed by atoms with Crippen molar-refractivity contribution in [2.45, 2.75) is 264 Å². The van der Waals surface area contributed by atoms with Crippen molar-refractivity contribution in [1.29, 1.82) is 0 Å². The van der Waals surface area contributed by atoms with Crippen LogP contribution in [0.15, 0.2) is 36.5 Å². The van der Waals surface area contributed by atoms with Crippen LogP contribution in [0.1, 0.15) is 251 Å². The number of nitrogens with one attached hydrogen (secondary N) is 1. The highest BCUT2D eigenvalue weighted by atomic mass is 16.5. The maximum Gasteiger partial charge on any atom is 0.305 e. The van der Waals surface area contributed by atoms with Crippen LogP contribution in [0.25, 0.3) is 0 Å². The number of aliphatic hydroxyl groups excluding tert-OH is 2. The van der Waals surface area contributed by atoms with Crippen LogP contribution >= 0.6 is 0 Å². The van der Waals surface area contributed by atoms with Crippen LogP contribution in [0.5, 0.6) is 0 Å². The summed E-state index contributed by atoms with van der Waals surface area (Å²) in [6, 6.07) is -0.647. The predicted octanol–water partition coefficient (Wildman–Crippen LogP) is 14.5. The molecule has 0 spiro atoms. The van der Waals surface area contributed by atoms with Crippen LogP contribution < -0.4 is 5.32 Å². The van der Waals surface area contributed by atoms with Crippen molar-refractivity contribution in [2.75, 3.05) is 13.2 Å². The standard InChI is InChI=1S/C51H95NO5/c1-3-5-7-9-11-13-15-16-17-18-19-20-21-22-25-29-33-37-41-45-51(56)57-46-42-38-34-30-26-23-24-28-32-36-40-44-50(55)52-48(47-53)49(54)43-39-35-31-27-14-12-10-8-6-4-2/h16-17,26,30,39,43,48-49,53-54H,3-15,18-25,27-29,31-38,40-42,44-47H2,1-2H3,(H,52,55)/b17-16-,30-26-,43-39+. The first-order chi connectivity index (χ1) is 28.0. The number of hydrogen-bond donors (Lipinski definition) is 3. The first-order valence-electron chi connectivity index (χ1n) is 24.8. The molecule has 2 unspecified atom stereocenters. The number of unbranched alkanes of at least 4 members (excludes halogenated alkanes) is 30. The normalized spacial score (nSPS) is 13.0. The van der Waals surface area contributed by atoms with Crippen molar-refractivity contribution in [1.82, 2.24) is 5.32 Å². The number of rotatable bonds is 45. The molecule has 6 heteroatoms. The predicted molar refractivity (Wildman–Crippen MR) is 246 cm³/mol. The van der Waals surface area contributed by atoms with Crippen LogP contribution in [0.4, 0.5) is 0 Å². The Balaban J connectivity index is 3.51. The molecule has 334 valence electrons. The maximum atomic E-state index is 12.4. The molecule has 2 atom stereocenters. The lowest BCUT2D eigenvalue weighted by Crippen LogP contribution is -2.45.